The number of ether oxygens (including phenoxy) is 1. The SMILES string of the molecule is CCCCOC(=O)NC(C)(C)c1nc(C(=O)NCc2ccc(I)cc2)c(O)c(=O)n1C. The van der Waals surface area contributed by atoms with E-state index in [1.165, 1.54) is 7.05 Å². The lowest BCUT2D eigenvalue weighted by molar-refractivity contribution is 0.0941. The second-order valence-electron chi connectivity index (χ2n) is 7.55. The van der Waals surface area contributed by atoms with Gasteiger partial charge in [0.2, 0.25) is 5.75 Å². The van der Waals surface area contributed by atoms with E-state index in [2.05, 4.69) is 38.2 Å². The molecular formula is C21H27IN4O5. The Morgan fingerprint density at radius 1 is 1.26 bits per heavy atom. The third-order valence-corrected chi connectivity index (χ3v) is 5.27. The number of rotatable bonds is 8. The van der Waals surface area contributed by atoms with E-state index in [0.717, 1.165) is 26.5 Å². The fourth-order valence-electron chi connectivity index (χ4n) is 2.83. The van der Waals surface area contributed by atoms with Gasteiger partial charge in [-0.1, -0.05) is 25.5 Å². The number of halogens is 1. The van der Waals surface area contributed by atoms with Crippen molar-refractivity contribution in [1.82, 2.24) is 20.2 Å². The molecule has 10 heteroatoms. The highest BCUT2D eigenvalue weighted by Crippen LogP contribution is 2.20. The van der Waals surface area contributed by atoms with Gasteiger partial charge >= 0.3 is 6.09 Å². The summed E-state index contributed by atoms with van der Waals surface area (Å²) in [5.74, 6) is -1.36. The van der Waals surface area contributed by atoms with Gasteiger partial charge in [0.15, 0.2) is 5.69 Å². The molecule has 0 bridgehead atoms. The van der Waals surface area contributed by atoms with E-state index in [4.69, 9.17) is 4.74 Å². The number of nitrogens with one attached hydrogen (secondary N) is 2. The number of aromatic nitrogens is 2. The molecular weight excluding hydrogens is 515 g/mol. The van der Waals surface area contributed by atoms with Crippen LogP contribution in [0.5, 0.6) is 5.75 Å². The van der Waals surface area contributed by atoms with Crippen molar-refractivity contribution in [1.29, 1.82) is 0 Å². The summed E-state index contributed by atoms with van der Waals surface area (Å²) in [5.41, 5.74) is -1.48. The zero-order valence-corrected chi connectivity index (χ0v) is 20.1. The molecule has 0 aliphatic carbocycles. The lowest BCUT2D eigenvalue weighted by Gasteiger charge is -2.27. The van der Waals surface area contributed by atoms with Crippen LogP contribution in [0.25, 0.3) is 0 Å². The van der Waals surface area contributed by atoms with Crippen LogP contribution in [0.4, 0.5) is 4.79 Å². The molecule has 3 N–H and O–H groups in total. The van der Waals surface area contributed by atoms with Crippen LogP contribution in [0.1, 0.15) is 55.5 Å². The molecule has 2 aromatic rings. The van der Waals surface area contributed by atoms with Gasteiger partial charge in [0.25, 0.3) is 11.5 Å². The minimum Gasteiger partial charge on any atom is -0.501 e. The van der Waals surface area contributed by atoms with Crippen molar-refractivity contribution in [3.05, 3.63) is 55.3 Å². The van der Waals surface area contributed by atoms with Crippen molar-refractivity contribution in [3.8, 4) is 5.75 Å². The second-order valence-corrected chi connectivity index (χ2v) is 8.79. The van der Waals surface area contributed by atoms with Crippen molar-refractivity contribution in [2.45, 2.75) is 45.7 Å². The number of hydrogen-bond acceptors (Lipinski definition) is 6. The Kier molecular flexibility index (Phi) is 8.43. The molecule has 2 rings (SSSR count). The molecule has 2 amide bonds. The average molecular weight is 542 g/mol. The molecule has 0 aliphatic heterocycles. The maximum Gasteiger partial charge on any atom is 0.407 e. The van der Waals surface area contributed by atoms with Crippen LogP contribution in [0.2, 0.25) is 0 Å². The molecule has 9 nitrogen and oxygen atoms in total. The quantitative estimate of drug-likeness (QED) is 0.349. The number of carbonyl (C=O) groups excluding carboxylic acids is 2. The van der Waals surface area contributed by atoms with Gasteiger partial charge in [-0.2, -0.15) is 0 Å². The van der Waals surface area contributed by atoms with E-state index in [0.29, 0.717) is 0 Å². The summed E-state index contributed by atoms with van der Waals surface area (Å²) in [7, 11) is 1.41. The monoisotopic (exact) mass is 542 g/mol. The molecule has 1 heterocycles. The Bertz CT molecular complexity index is 1000. The van der Waals surface area contributed by atoms with Crippen molar-refractivity contribution < 1.29 is 19.4 Å². The summed E-state index contributed by atoms with van der Waals surface area (Å²) in [4.78, 5) is 41.5. The summed E-state index contributed by atoms with van der Waals surface area (Å²) in [6, 6.07) is 7.54. The minimum absolute atomic E-state index is 0.0992. The molecule has 0 atom stereocenters. The maximum absolute atomic E-state index is 12.6. The van der Waals surface area contributed by atoms with Crippen LogP contribution >= 0.6 is 22.6 Å². The van der Waals surface area contributed by atoms with Crippen molar-refractivity contribution >= 4 is 34.6 Å². The molecule has 0 spiro atoms. The molecule has 0 saturated carbocycles. The van der Waals surface area contributed by atoms with E-state index >= 15 is 0 Å². The lowest BCUT2D eigenvalue weighted by atomic mass is 10.0. The Morgan fingerprint density at radius 2 is 1.90 bits per heavy atom. The van der Waals surface area contributed by atoms with Crippen LogP contribution in [0, 0.1) is 3.57 Å². The molecule has 0 aliphatic rings. The van der Waals surface area contributed by atoms with Crippen molar-refractivity contribution in [2.75, 3.05) is 6.61 Å². The van der Waals surface area contributed by atoms with Crippen LogP contribution < -0.4 is 16.2 Å². The number of amides is 2. The normalized spacial score (nSPS) is 11.1. The Morgan fingerprint density at radius 3 is 2.52 bits per heavy atom. The Balaban J connectivity index is 2.25. The fraction of sp³-hybridized carbons (Fsp3) is 0.429. The van der Waals surface area contributed by atoms with Gasteiger partial charge in [-0.25, -0.2) is 9.78 Å². The largest absolute Gasteiger partial charge is 0.501 e. The molecule has 168 valence electrons. The summed E-state index contributed by atoms with van der Waals surface area (Å²) >= 11 is 2.18. The zero-order chi connectivity index (χ0) is 23.2. The first kappa shape index (κ1) is 24.6. The number of unbranched alkanes of at least 4 members (excludes halogenated alkanes) is 1. The van der Waals surface area contributed by atoms with E-state index < -0.39 is 34.5 Å². The average Bonchev–Trinajstić information content (AvgIpc) is 2.71. The standard InChI is InChI=1S/C21H27IN4O5/c1-5-6-11-31-20(30)25-21(2,3)19-24-15(16(27)18(29)26(19)4)17(28)23-12-13-7-9-14(22)10-8-13/h7-10,27H,5-6,11-12H2,1-4H3,(H,23,28)(H,25,30). The fourth-order valence-corrected chi connectivity index (χ4v) is 3.19. The zero-order valence-electron chi connectivity index (χ0n) is 18.0. The molecule has 0 unspecified atom stereocenters. The van der Waals surface area contributed by atoms with Crippen molar-refractivity contribution in [3.63, 3.8) is 0 Å². The Labute approximate surface area is 194 Å². The maximum atomic E-state index is 12.6. The molecule has 0 radical (unpaired) electrons. The van der Waals surface area contributed by atoms with Gasteiger partial charge in [-0.15, -0.1) is 0 Å². The highest BCUT2D eigenvalue weighted by atomic mass is 127. The smallest absolute Gasteiger partial charge is 0.407 e. The van der Waals surface area contributed by atoms with Gasteiger partial charge in [-0.3, -0.25) is 14.2 Å². The first-order valence-electron chi connectivity index (χ1n) is 9.84. The first-order chi connectivity index (χ1) is 14.6. The van der Waals surface area contributed by atoms with Gasteiger partial charge in [0.05, 0.1) is 12.1 Å². The van der Waals surface area contributed by atoms with E-state index in [1.54, 1.807) is 13.8 Å². The van der Waals surface area contributed by atoms with Crippen LogP contribution in [0.3, 0.4) is 0 Å². The summed E-state index contributed by atoms with van der Waals surface area (Å²) < 4.78 is 7.27. The van der Waals surface area contributed by atoms with E-state index in [-0.39, 0.29) is 19.0 Å². The van der Waals surface area contributed by atoms with Gasteiger partial charge in [-0.05, 0) is 60.6 Å². The molecule has 0 saturated heterocycles. The van der Waals surface area contributed by atoms with Crippen molar-refractivity contribution in [2.24, 2.45) is 7.05 Å². The number of hydrogen-bond donors (Lipinski definition) is 3. The topological polar surface area (TPSA) is 123 Å². The number of nitrogens with zero attached hydrogens (tertiary/aromatic N) is 2. The predicted octanol–water partition coefficient (Wildman–Crippen LogP) is 2.78. The molecule has 1 aromatic heterocycles. The summed E-state index contributed by atoms with van der Waals surface area (Å²) in [6.45, 7) is 5.70. The van der Waals surface area contributed by atoms with Gasteiger partial charge < -0.3 is 20.5 Å². The molecule has 0 fully saturated rings. The van der Waals surface area contributed by atoms with E-state index in [9.17, 15) is 19.5 Å². The number of carbonyl (C=O) groups is 2. The highest BCUT2D eigenvalue weighted by molar-refractivity contribution is 14.1. The molecule has 31 heavy (non-hydrogen) atoms. The van der Waals surface area contributed by atoms with Gasteiger partial charge in [0, 0.05) is 17.2 Å². The molecule has 1 aromatic carbocycles. The highest BCUT2D eigenvalue weighted by Gasteiger charge is 2.31. The summed E-state index contributed by atoms with van der Waals surface area (Å²) in [6.07, 6.45) is 0.950. The van der Waals surface area contributed by atoms with Crippen LogP contribution in [-0.2, 0) is 23.9 Å². The predicted molar refractivity (Wildman–Crippen MR) is 124 cm³/mol. The van der Waals surface area contributed by atoms with Crippen LogP contribution in [0.15, 0.2) is 29.1 Å². The third kappa shape index (κ3) is 6.42. The number of benzene rings is 1. The van der Waals surface area contributed by atoms with Crippen LogP contribution in [-0.4, -0.2) is 33.3 Å². The summed E-state index contributed by atoms with van der Waals surface area (Å²) in [5, 5.41) is 15.5. The number of alkyl carbamates (subject to hydrolysis) is 1. The van der Waals surface area contributed by atoms with Gasteiger partial charge in [0.1, 0.15) is 5.82 Å². The second kappa shape index (κ2) is 10.6. The Hall–Kier alpha value is -2.63. The number of aromatic hydroxyl groups is 1. The first-order valence-corrected chi connectivity index (χ1v) is 10.9. The third-order valence-electron chi connectivity index (χ3n) is 4.55. The van der Waals surface area contributed by atoms with E-state index in [1.807, 2.05) is 31.2 Å². The minimum atomic E-state index is -1.14. The lowest BCUT2D eigenvalue weighted by Crippen LogP contribution is -2.46.